The summed E-state index contributed by atoms with van der Waals surface area (Å²) in [6.07, 6.45) is 1.11. The van der Waals surface area contributed by atoms with Crippen molar-refractivity contribution in [3.8, 4) is 0 Å². The van der Waals surface area contributed by atoms with E-state index in [0.29, 0.717) is 28.3 Å². The summed E-state index contributed by atoms with van der Waals surface area (Å²) in [7, 11) is 0. The molecule has 1 aliphatic heterocycles. The molecule has 33 heavy (non-hydrogen) atoms. The molecular weight excluding hydrogens is 440 g/mol. The maximum atomic E-state index is 12.6. The van der Waals surface area contributed by atoms with E-state index >= 15 is 0 Å². The predicted octanol–water partition coefficient (Wildman–Crippen LogP) is 5.63. The molecule has 1 aromatic heterocycles. The highest BCUT2D eigenvalue weighted by Gasteiger charge is 2.28. The van der Waals surface area contributed by atoms with Crippen LogP contribution < -0.4 is 10.2 Å². The van der Waals surface area contributed by atoms with Gasteiger partial charge in [-0.1, -0.05) is 32.0 Å². The van der Waals surface area contributed by atoms with E-state index in [1.807, 2.05) is 40.6 Å². The van der Waals surface area contributed by atoms with Crippen molar-refractivity contribution < 1.29 is 14.5 Å². The van der Waals surface area contributed by atoms with Crippen molar-refractivity contribution in [3.63, 3.8) is 0 Å². The number of nitrogens with one attached hydrogen (secondary N) is 1. The fourth-order valence-corrected chi connectivity index (χ4v) is 4.94. The Kier molecular flexibility index (Phi) is 6.88. The number of hydrogen-bond acceptors (Lipinski definition) is 8. The summed E-state index contributed by atoms with van der Waals surface area (Å²) >= 11 is 1.41. The van der Waals surface area contributed by atoms with Crippen LogP contribution in [0.15, 0.2) is 53.9 Å². The largest absolute Gasteiger partial charge is 0.456 e. The standard InChI is InChI=1S/C24H26N4O4S/c1-16-10-17(2)13-27(12-16)21-9-8-18(11-22(21)28(30)31)23(29)32-14-20-15-33-24(26-20)25-19-6-4-3-5-7-19/h3-9,11,15-17H,10,12-14H2,1-2H3,(H,25,26). The van der Waals surface area contributed by atoms with E-state index in [-0.39, 0.29) is 17.9 Å². The van der Waals surface area contributed by atoms with Gasteiger partial charge in [-0.25, -0.2) is 9.78 Å². The van der Waals surface area contributed by atoms with Gasteiger partial charge < -0.3 is 15.0 Å². The number of nitro benzene ring substituents is 1. The van der Waals surface area contributed by atoms with Gasteiger partial charge in [0.15, 0.2) is 5.13 Å². The molecule has 0 bridgehead atoms. The molecule has 1 N–H and O–H groups in total. The van der Waals surface area contributed by atoms with Crippen LogP contribution in [0.2, 0.25) is 0 Å². The van der Waals surface area contributed by atoms with E-state index in [1.54, 1.807) is 12.1 Å². The van der Waals surface area contributed by atoms with Crippen LogP contribution in [-0.4, -0.2) is 29.0 Å². The van der Waals surface area contributed by atoms with E-state index in [4.69, 9.17) is 4.74 Å². The molecule has 2 heterocycles. The minimum absolute atomic E-state index is 0.0114. The second-order valence-electron chi connectivity index (χ2n) is 8.52. The fraction of sp³-hybridized carbons (Fsp3) is 0.333. The summed E-state index contributed by atoms with van der Waals surface area (Å²) in [5.74, 6) is 0.297. The van der Waals surface area contributed by atoms with Crippen molar-refractivity contribution in [2.75, 3.05) is 23.3 Å². The lowest BCUT2D eigenvalue weighted by Gasteiger charge is -2.36. The quantitative estimate of drug-likeness (QED) is 0.274. The first kappa shape index (κ1) is 22.7. The number of ether oxygens (including phenoxy) is 1. The van der Waals surface area contributed by atoms with Crippen molar-refractivity contribution in [1.29, 1.82) is 0 Å². The second kappa shape index (κ2) is 9.99. The first-order valence-electron chi connectivity index (χ1n) is 10.9. The average Bonchev–Trinajstić information content (AvgIpc) is 3.24. The number of carbonyl (C=O) groups is 1. The van der Waals surface area contributed by atoms with E-state index in [9.17, 15) is 14.9 Å². The van der Waals surface area contributed by atoms with Gasteiger partial charge in [-0.2, -0.15) is 0 Å². The van der Waals surface area contributed by atoms with Crippen LogP contribution in [-0.2, 0) is 11.3 Å². The molecule has 2 unspecified atom stereocenters. The number of carbonyl (C=O) groups excluding carboxylic acids is 1. The molecular formula is C24H26N4O4S. The molecule has 0 spiro atoms. The summed E-state index contributed by atoms with van der Waals surface area (Å²) in [6, 6.07) is 14.2. The molecule has 8 nitrogen and oxygen atoms in total. The summed E-state index contributed by atoms with van der Waals surface area (Å²) in [4.78, 5) is 30.4. The van der Waals surface area contributed by atoms with Gasteiger partial charge >= 0.3 is 5.97 Å². The van der Waals surface area contributed by atoms with Crippen LogP contribution in [0.25, 0.3) is 0 Å². The minimum Gasteiger partial charge on any atom is -0.456 e. The predicted molar refractivity (Wildman–Crippen MR) is 129 cm³/mol. The zero-order valence-electron chi connectivity index (χ0n) is 18.6. The highest BCUT2D eigenvalue weighted by molar-refractivity contribution is 7.13. The van der Waals surface area contributed by atoms with Gasteiger partial charge in [0.2, 0.25) is 0 Å². The third-order valence-electron chi connectivity index (χ3n) is 5.55. The maximum Gasteiger partial charge on any atom is 0.338 e. The van der Waals surface area contributed by atoms with Crippen molar-refractivity contribution >= 4 is 39.5 Å². The van der Waals surface area contributed by atoms with Crippen molar-refractivity contribution in [1.82, 2.24) is 4.98 Å². The number of nitro groups is 1. The highest BCUT2D eigenvalue weighted by atomic mass is 32.1. The normalized spacial score (nSPS) is 18.1. The van der Waals surface area contributed by atoms with Gasteiger partial charge in [0.1, 0.15) is 12.3 Å². The van der Waals surface area contributed by atoms with Gasteiger partial charge in [0.05, 0.1) is 16.2 Å². The number of para-hydroxylation sites is 1. The lowest BCUT2D eigenvalue weighted by atomic mass is 9.91. The molecule has 3 aromatic rings. The summed E-state index contributed by atoms with van der Waals surface area (Å²) in [5, 5.41) is 17.4. The number of benzene rings is 2. The van der Waals surface area contributed by atoms with Crippen LogP contribution >= 0.6 is 11.3 Å². The van der Waals surface area contributed by atoms with E-state index in [1.165, 1.54) is 17.4 Å². The Morgan fingerprint density at radius 1 is 1.21 bits per heavy atom. The smallest absolute Gasteiger partial charge is 0.338 e. The highest BCUT2D eigenvalue weighted by Crippen LogP contribution is 2.34. The third-order valence-corrected chi connectivity index (χ3v) is 6.35. The van der Waals surface area contributed by atoms with Crippen LogP contribution in [0.1, 0.15) is 36.3 Å². The molecule has 2 aromatic carbocycles. The maximum absolute atomic E-state index is 12.6. The van der Waals surface area contributed by atoms with E-state index < -0.39 is 10.9 Å². The third kappa shape index (κ3) is 5.67. The van der Waals surface area contributed by atoms with Crippen molar-refractivity contribution in [2.45, 2.75) is 26.9 Å². The first-order valence-corrected chi connectivity index (χ1v) is 11.7. The number of nitrogens with zero attached hydrogens (tertiary/aromatic N) is 3. The van der Waals surface area contributed by atoms with Crippen LogP contribution in [0.3, 0.4) is 0 Å². The van der Waals surface area contributed by atoms with Gasteiger partial charge in [-0.3, -0.25) is 10.1 Å². The molecule has 0 aliphatic carbocycles. The SMILES string of the molecule is CC1CC(C)CN(c2ccc(C(=O)OCc3csc(Nc4ccccc4)n3)cc2[N+](=O)[O-])C1. The van der Waals surface area contributed by atoms with Gasteiger partial charge in [0, 0.05) is 30.2 Å². The molecule has 0 radical (unpaired) electrons. The van der Waals surface area contributed by atoms with Crippen LogP contribution in [0.4, 0.5) is 22.2 Å². The molecule has 4 rings (SSSR count). The zero-order valence-corrected chi connectivity index (χ0v) is 19.4. The topological polar surface area (TPSA) is 97.6 Å². The molecule has 172 valence electrons. The Balaban J connectivity index is 1.42. The number of thiazole rings is 1. The molecule has 2 atom stereocenters. The number of aromatic nitrogens is 1. The summed E-state index contributed by atoms with van der Waals surface area (Å²) < 4.78 is 5.37. The molecule has 1 fully saturated rings. The van der Waals surface area contributed by atoms with Crippen molar-refractivity contribution in [2.24, 2.45) is 11.8 Å². The second-order valence-corrected chi connectivity index (χ2v) is 9.38. The number of hydrogen-bond donors (Lipinski definition) is 1. The lowest BCUT2D eigenvalue weighted by Crippen LogP contribution is -2.39. The van der Waals surface area contributed by atoms with Crippen molar-refractivity contribution in [3.05, 3.63) is 75.3 Å². The number of piperidine rings is 1. The van der Waals surface area contributed by atoms with Crippen LogP contribution in [0, 0.1) is 22.0 Å². The lowest BCUT2D eigenvalue weighted by molar-refractivity contribution is -0.384. The fourth-order valence-electron chi connectivity index (χ4n) is 4.22. The van der Waals surface area contributed by atoms with E-state index in [0.717, 1.165) is 25.2 Å². The first-order chi connectivity index (χ1) is 15.9. The Morgan fingerprint density at radius 3 is 2.64 bits per heavy atom. The molecule has 9 heteroatoms. The molecule has 0 amide bonds. The molecule has 0 saturated carbocycles. The number of anilines is 3. The van der Waals surface area contributed by atoms with E-state index in [2.05, 4.69) is 24.1 Å². The minimum atomic E-state index is -0.615. The van der Waals surface area contributed by atoms with Gasteiger partial charge in [-0.05, 0) is 42.5 Å². The molecule has 1 saturated heterocycles. The summed E-state index contributed by atoms with van der Waals surface area (Å²) in [6.45, 7) is 5.82. The van der Waals surface area contributed by atoms with Gasteiger partial charge in [-0.15, -0.1) is 11.3 Å². The van der Waals surface area contributed by atoms with Gasteiger partial charge in [0.25, 0.3) is 5.69 Å². The number of esters is 1. The Morgan fingerprint density at radius 2 is 1.94 bits per heavy atom. The van der Waals surface area contributed by atoms with Crippen LogP contribution in [0.5, 0.6) is 0 Å². The average molecular weight is 467 g/mol. The number of rotatable bonds is 7. The Hall–Kier alpha value is -3.46. The zero-order chi connectivity index (χ0) is 23.4. The summed E-state index contributed by atoms with van der Waals surface area (Å²) in [5.41, 5.74) is 2.15. The Bertz CT molecular complexity index is 1120. The molecule has 1 aliphatic rings. The Labute approximate surface area is 196 Å². The monoisotopic (exact) mass is 466 g/mol.